The standard InChI is InChI=1S/C16H15Cl2NOS/c1-19(10-11-3-6-13(21-2)7-4-11)16(20)12-5-8-14(17)15(18)9-12/h3-9H,10H2,1-2H3. The zero-order valence-corrected chi connectivity index (χ0v) is 14.1. The molecule has 5 heteroatoms. The number of thioether (sulfide) groups is 1. The third-order valence-electron chi connectivity index (χ3n) is 3.09. The van der Waals surface area contributed by atoms with Crippen LogP contribution in [0.15, 0.2) is 47.4 Å². The van der Waals surface area contributed by atoms with Crippen LogP contribution in [0.1, 0.15) is 15.9 Å². The maximum absolute atomic E-state index is 12.4. The number of amides is 1. The fourth-order valence-corrected chi connectivity index (χ4v) is 2.63. The smallest absolute Gasteiger partial charge is 0.253 e. The van der Waals surface area contributed by atoms with Gasteiger partial charge in [-0.2, -0.15) is 0 Å². The molecule has 0 spiro atoms. The number of benzene rings is 2. The topological polar surface area (TPSA) is 20.3 Å². The van der Waals surface area contributed by atoms with Crippen LogP contribution in [0.25, 0.3) is 0 Å². The summed E-state index contributed by atoms with van der Waals surface area (Å²) >= 11 is 13.5. The summed E-state index contributed by atoms with van der Waals surface area (Å²) in [5.41, 5.74) is 1.62. The van der Waals surface area contributed by atoms with Crippen molar-refractivity contribution in [2.24, 2.45) is 0 Å². The second kappa shape index (κ2) is 7.21. The van der Waals surface area contributed by atoms with E-state index in [1.54, 1.807) is 41.9 Å². The van der Waals surface area contributed by atoms with Gasteiger partial charge < -0.3 is 4.90 Å². The highest BCUT2D eigenvalue weighted by molar-refractivity contribution is 7.98. The molecule has 0 saturated carbocycles. The van der Waals surface area contributed by atoms with Crippen molar-refractivity contribution >= 4 is 40.9 Å². The van der Waals surface area contributed by atoms with Crippen LogP contribution in [0.5, 0.6) is 0 Å². The SMILES string of the molecule is CSc1ccc(CN(C)C(=O)c2ccc(Cl)c(Cl)c2)cc1. The molecule has 0 heterocycles. The van der Waals surface area contributed by atoms with Crippen LogP contribution in [0, 0.1) is 0 Å². The predicted octanol–water partition coefficient (Wildman–Crippen LogP) is 4.99. The zero-order chi connectivity index (χ0) is 15.4. The van der Waals surface area contributed by atoms with Crippen molar-refractivity contribution in [3.8, 4) is 0 Å². The predicted molar refractivity (Wildman–Crippen MR) is 90.5 cm³/mol. The van der Waals surface area contributed by atoms with Crippen LogP contribution >= 0.6 is 35.0 Å². The van der Waals surface area contributed by atoms with E-state index in [4.69, 9.17) is 23.2 Å². The quantitative estimate of drug-likeness (QED) is 0.731. The number of carbonyl (C=O) groups is 1. The first-order valence-electron chi connectivity index (χ1n) is 6.34. The first-order chi connectivity index (χ1) is 10.0. The molecule has 2 aromatic carbocycles. The van der Waals surface area contributed by atoms with Crippen molar-refractivity contribution in [2.45, 2.75) is 11.4 Å². The minimum atomic E-state index is -0.0810. The molecule has 2 nitrogen and oxygen atoms in total. The molecule has 0 aliphatic carbocycles. The van der Waals surface area contributed by atoms with E-state index in [1.807, 2.05) is 18.4 Å². The maximum atomic E-state index is 12.4. The van der Waals surface area contributed by atoms with Gasteiger partial charge in [-0.05, 0) is 42.2 Å². The summed E-state index contributed by atoms with van der Waals surface area (Å²) in [6, 6.07) is 13.1. The first-order valence-corrected chi connectivity index (χ1v) is 8.33. The average Bonchev–Trinajstić information content (AvgIpc) is 2.50. The van der Waals surface area contributed by atoms with Gasteiger partial charge in [0.25, 0.3) is 5.91 Å². The summed E-state index contributed by atoms with van der Waals surface area (Å²) in [6.07, 6.45) is 2.04. The maximum Gasteiger partial charge on any atom is 0.253 e. The van der Waals surface area contributed by atoms with Crippen molar-refractivity contribution in [1.29, 1.82) is 0 Å². The van der Waals surface area contributed by atoms with Gasteiger partial charge in [0, 0.05) is 24.1 Å². The Morgan fingerprint density at radius 3 is 2.33 bits per heavy atom. The van der Waals surface area contributed by atoms with Crippen LogP contribution in [0.3, 0.4) is 0 Å². The highest BCUT2D eigenvalue weighted by atomic mass is 35.5. The molecule has 0 aromatic heterocycles. The van der Waals surface area contributed by atoms with Crippen LogP contribution in [-0.2, 0) is 6.54 Å². The van der Waals surface area contributed by atoms with E-state index in [2.05, 4.69) is 12.1 Å². The lowest BCUT2D eigenvalue weighted by Gasteiger charge is -2.18. The van der Waals surface area contributed by atoms with Gasteiger partial charge in [0.05, 0.1) is 10.0 Å². The number of hydrogen-bond acceptors (Lipinski definition) is 2. The Morgan fingerprint density at radius 1 is 1.10 bits per heavy atom. The van der Waals surface area contributed by atoms with Crippen molar-refractivity contribution in [3.63, 3.8) is 0 Å². The van der Waals surface area contributed by atoms with Gasteiger partial charge in [-0.1, -0.05) is 35.3 Å². The molecule has 0 N–H and O–H groups in total. The van der Waals surface area contributed by atoms with Crippen LogP contribution in [0.4, 0.5) is 0 Å². The Bertz CT molecular complexity index is 643. The Labute approximate surface area is 139 Å². The van der Waals surface area contributed by atoms with Gasteiger partial charge >= 0.3 is 0 Å². The van der Waals surface area contributed by atoms with Gasteiger partial charge in [0.1, 0.15) is 0 Å². The molecule has 0 aliphatic rings. The molecule has 0 atom stereocenters. The van der Waals surface area contributed by atoms with Crippen LogP contribution in [0.2, 0.25) is 10.0 Å². The Kier molecular flexibility index (Phi) is 5.57. The largest absolute Gasteiger partial charge is 0.337 e. The van der Waals surface area contributed by atoms with E-state index in [1.165, 1.54) is 4.90 Å². The lowest BCUT2D eigenvalue weighted by molar-refractivity contribution is 0.0785. The summed E-state index contributed by atoms with van der Waals surface area (Å²) in [6.45, 7) is 0.549. The molecule has 0 fully saturated rings. The lowest BCUT2D eigenvalue weighted by Crippen LogP contribution is -2.26. The molecular weight excluding hydrogens is 325 g/mol. The summed E-state index contributed by atoms with van der Waals surface area (Å²) < 4.78 is 0. The molecule has 21 heavy (non-hydrogen) atoms. The average molecular weight is 340 g/mol. The van der Waals surface area contributed by atoms with E-state index >= 15 is 0 Å². The highest BCUT2D eigenvalue weighted by Gasteiger charge is 2.13. The molecule has 110 valence electrons. The summed E-state index contributed by atoms with van der Waals surface area (Å²) in [4.78, 5) is 15.2. The normalized spacial score (nSPS) is 10.5. The van der Waals surface area contributed by atoms with E-state index < -0.39 is 0 Å². The molecule has 1 amide bonds. The van der Waals surface area contributed by atoms with Gasteiger partial charge in [-0.25, -0.2) is 0 Å². The Morgan fingerprint density at radius 2 is 1.76 bits per heavy atom. The second-order valence-electron chi connectivity index (χ2n) is 4.64. The zero-order valence-electron chi connectivity index (χ0n) is 11.8. The van der Waals surface area contributed by atoms with E-state index in [-0.39, 0.29) is 5.91 Å². The van der Waals surface area contributed by atoms with E-state index in [9.17, 15) is 4.79 Å². The number of rotatable bonds is 4. The van der Waals surface area contributed by atoms with Gasteiger partial charge in [0.2, 0.25) is 0 Å². The molecule has 0 radical (unpaired) electrons. The third-order valence-corrected chi connectivity index (χ3v) is 4.57. The molecule has 0 aliphatic heterocycles. The molecular formula is C16H15Cl2NOS. The summed E-state index contributed by atoms with van der Waals surface area (Å²) in [5.74, 6) is -0.0810. The summed E-state index contributed by atoms with van der Waals surface area (Å²) in [7, 11) is 1.77. The van der Waals surface area contributed by atoms with Crippen molar-refractivity contribution in [2.75, 3.05) is 13.3 Å². The van der Waals surface area contributed by atoms with E-state index in [0.717, 1.165) is 5.56 Å². The van der Waals surface area contributed by atoms with Gasteiger partial charge in [-0.3, -0.25) is 4.79 Å². The fraction of sp³-hybridized carbons (Fsp3) is 0.188. The Balaban J connectivity index is 2.09. The minimum Gasteiger partial charge on any atom is -0.337 e. The fourth-order valence-electron chi connectivity index (χ4n) is 1.93. The first kappa shape index (κ1) is 16.2. The van der Waals surface area contributed by atoms with E-state index in [0.29, 0.717) is 22.2 Å². The third kappa shape index (κ3) is 4.16. The van der Waals surface area contributed by atoms with Crippen molar-refractivity contribution in [1.82, 2.24) is 4.90 Å². The van der Waals surface area contributed by atoms with Crippen LogP contribution in [-0.4, -0.2) is 24.1 Å². The lowest BCUT2D eigenvalue weighted by atomic mass is 10.1. The number of halogens is 2. The van der Waals surface area contributed by atoms with Gasteiger partial charge in [-0.15, -0.1) is 11.8 Å². The molecule has 2 aromatic rings. The van der Waals surface area contributed by atoms with Crippen molar-refractivity contribution < 1.29 is 4.79 Å². The Hall–Kier alpha value is -1.16. The number of hydrogen-bond donors (Lipinski definition) is 0. The summed E-state index contributed by atoms with van der Waals surface area (Å²) in [5, 5.41) is 0.837. The van der Waals surface area contributed by atoms with Gasteiger partial charge in [0.15, 0.2) is 0 Å². The minimum absolute atomic E-state index is 0.0810. The molecule has 0 unspecified atom stereocenters. The van der Waals surface area contributed by atoms with Crippen LogP contribution < -0.4 is 0 Å². The molecule has 2 rings (SSSR count). The monoisotopic (exact) mass is 339 g/mol. The number of nitrogens with zero attached hydrogens (tertiary/aromatic N) is 1. The van der Waals surface area contributed by atoms with Crippen molar-refractivity contribution in [3.05, 3.63) is 63.6 Å². The second-order valence-corrected chi connectivity index (χ2v) is 6.33. The molecule has 0 bridgehead atoms. The number of carbonyl (C=O) groups excluding carboxylic acids is 1. The molecule has 0 saturated heterocycles. The highest BCUT2D eigenvalue weighted by Crippen LogP contribution is 2.23.